The summed E-state index contributed by atoms with van der Waals surface area (Å²) in [4.78, 5) is 23.0. The second kappa shape index (κ2) is 9.67. The van der Waals surface area contributed by atoms with Crippen LogP contribution in [0.4, 0.5) is 0 Å². The van der Waals surface area contributed by atoms with Gasteiger partial charge in [0.05, 0.1) is 12.1 Å². The first kappa shape index (κ1) is 19.6. The van der Waals surface area contributed by atoms with E-state index in [-0.39, 0.29) is 30.0 Å². The average molecular weight is 326 g/mol. The molecule has 3 N–H and O–H groups in total. The summed E-state index contributed by atoms with van der Waals surface area (Å²) >= 11 is 0. The fraction of sp³-hybridized carbons (Fsp3) is 0.765. The van der Waals surface area contributed by atoms with E-state index in [4.69, 9.17) is 4.74 Å². The van der Waals surface area contributed by atoms with Crippen LogP contribution >= 0.6 is 0 Å². The molecule has 23 heavy (non-hydrogen) atoms. The maximum Gasteiger partial charge on any atom is 0.320 e. The van der Waals surface area contributed by atoms with Crippen LogP contribution in [0.25, 0.3) is 0 Å². The Morgan fingerprint density at radius 3 is 2.61 bits per heavy atom. The van der Waals surface area contributed by atoms with Crippen molar-refractivity contribution in [3.8, 4) is 0 Å². The molecule has 0 spiro atoms. The van der Waals surface area contributed by atoms with E-state index in [2.05, 4.69) is 17.6 Å². The molecular formula is C17H30N2O4. The van der Waals surface area contributed by atoms with Crippen molar-refractivity contribution in [1.82, 2.24) is 10.6 Å². The van der Waals surface area contributed by atoms with Crippen molar-refractivity contribution in [2.24, 2.45) is 5.92 Å². The Hall–Kier alpha value is -1.40. The topological polar surface area (TPSA) is 87.7 Å². The zero-order valence-corrected chi connectivity index (χ0v) is 14.5. The predicted molar refractivity (Wildman–Crippen MR) is 89.2 cm³/mol. The van der Waals surface area contributed by atoms with E-state index in [1.54, 1.807) is 0 Å². The highest BCUT2D eigenvalue weighted by Crippen LogP contribution is 2.27. The van der Waals surface area contributed by atoms with E-state index in [1.807, 2.05) is 26.0 Å². The van der Waals surface area contributed by atoms with Crippen molar-refractivity contribution in [3.63, 3.8) is 0 Å². The number of carbonyl (C=O) groups excluding carboxylic acids is 1. The van der Waals surface area contributed by atoms with Gasteiger partial charge in [-0.15, -0.1) is 0 Å². The largest absolute Gasteiger partial charge is 0.480 e. The van der Waals surface area contributed by atoms with Crippen LogP contribution in [0.2, 0.25) is 0 Å². The molecule has 0 unspecified atom stereocenters. The van der Waals surface area contributed by atoms with Crippen LogP contribution in [-0.4, -0.2) is 47.8 Å². The van der Waals surface area contributed by atoms with Gasteiger partial charge in [-0.25, -0.2) is 0 Å². The van der Waals surface area contributed by atoms with E-state index in [0.29, 0.717) is 13.0 Å². The van der Waals surface area contributed by atoms with Gasteiger partial charge in [0.15, 0.2) is 0 Å². The fourth-order valence-corrected chi connectivity index (χ4v) is 3.34. The van der Waals surface area contributed by atoms with Gasteiger partial charge in [-0.05, 0) is 32.6 Å². The second-order valence-electron chi connectivity index (χ2n) is 6.02. The van der Waals surface area contributed by atoms with Crippen molar-refractivity contribution in [2.45, 2.75) is 71.2 Å². The predicted octanol–water partition coefficient (Wildman–Crippen LogP) is 1.70. The lowest BCUT2D eigenvalue weighted by atomic mass is 9.88. The van der Waals surface area contributed by atoms with Crippen LogP contribution in [-0.2, 0) is 14.3 Å². The Morgan fingerprint density at radius 2 is 2.13 bits per heavy atom. The van der Waals surface area contributed by atoms with E-state index >= 15 is 0 Å². The molecule has 6 heteroatoms. The first-order valence-electron chi connectivity index (χ1n) is 8.44. The number of carboxylic acids is 1. The normalized spacial score (nSPS) is 27.0. The number of hydrogen-bond donors (Lipinski definition) is 3. The third-order valence-corrected chi connectivity index (χ3v) is 4.21. The number of ether oxygens (including phenoxy) is 1. The van der Waals surface area contributed by atoms with Crippen LogP contribution in [0.1, 0.15) is 47.0 Å². The molecule has 0 aliphatic carbocycles. The fourth-order valence-electron chi connectivity index (χ4n) is 3.34. The van der Waals surface area contributed by atoms with E-state index in [1.165, 1.54) is 6.92 Å². The molecule has 6 nitrogen and oxygen atoms in total. The number of carbonyl (C=O) groups is 2. The molecule has 1 aliphatic rings. The number of allylic oxidation sites excluding steroid dienone is 1. The third kappa shape index (κ3) is 5.62. The van der Waals surface area contributed by atoms with Crippen LogP contribution < -0.4 is 10.6 Å². The lowest BCUT2D eigenvalue weighted by Gasteiger charge is -2.34. The highest BCUT2D eigenvalue weighted by molar-refractivity contribution is 5.75. The van der Waals surface area contributed by atoms with Gasteiger partial charge < -0.3 is 15.2 Å². The monoisotopic (exact) mass is 326 g/mol. The Kier molecular flexibility index (Phi) is 8.26. The van der Waals surface area contributed by atoms with Crippen molar-refractivity contribution in [1.29, 1.82) is 0 Å². The van der Waals surface area contributed by atoms with Gasteiger partial charge in [-0.2, -0.15) is 0 Å². The number of rotatable bonds is 9. The molecule has 132 valence electrons. The number of hydrogen-bond acceptors (Lipinski definition) is 4. The SMILES string of the molecule is C/C=C\[C@@H]1C[C@H](C(=O)O)N[C@H]1[C@@H](NC(C)=O)[C@H](CCC)OCC. The summed E-state index contributed by atoms with van der Waals surface area (Å²) in [7, 11) is 0. The Morgan fingerprint density at radius 1 is 1.43 bits per heavy atom. The third-order valence-electron chi connectivity index (χ3n) is 4.21. The van der Waals surface area contributed by atoms with Gasteiger partial charge in [0.2, 0.25) is 5.91 Å². The first-order valence-corrected chi connectivity index (χ1v) is 8.44. The highest BCUT2D eigenvalue weighted by atomic mass is 16.5. The van der Waals surface area contributed by atoms with Crippen LogP contribution in [0.5, 0.6) is 0 Å². The molecule has 5 atom stereocenters. The van der Waals surface area contributed by atoms with E-state index in [9.17, 15) is 14.7 Å². The van der Waals surface area contributed by atoms with E-state index < -0.39 is 12.0 Å². The van der Waals surface area contributed by atoms with Crippen molar-refractivity contribution < 1.29 is 19.4 Å². The molecule has 1 saturated heterocycles. The average Bonchev–Trinajstić information content (AvgIpc) is 2.89. The summed E-state index contributed by atoms with van der Waals surface area (Å²) in [5.41, 5.74) is 0. The molecule has 0 radical (unpaired) electrons. The summed E-state index contributed by atoms with van der Waals surface area (Å²) in [6.45, 7) is 7.96. The van der Waals surface area contributed by atoms with Gasteiger partial charge in [0.25, 0.3) is 0 Å². The number of carboxylic acid groups (broad SMARTS) is 1. The van der Waals surface area contributed by atoms with Gasteiger partial charge in [-0.1, -0.05) is 25.5 Å². The maximum atomic E-state index is 11.7. The summed E-state index contributed by atoms with van der Waals surface area (Å²) in [5, 5.41) is 15.5. The van der Waals surface area contributed by atoms with Gasteiger partial charge >= 0.3 is 5.97 Å². The summed E-state index contributed by atoms with van der Waals surface area (Å²) < 4.78 is 5.85. The van der Waals surface area contributed by atoms with Gasteiger partial charge in [0.1, 0.15) is 6.04 Å². The summed E-state index contributed by atoms with van der Waals surface area (Å²) in [6.07, 6.45) is 6.09. The smallest absolute Gasteiger partial charge is 0.320 e. The van der Waals surface area contributed by atoms with Crippen molar-refractivity contribution >= 4 is 11.9 Å². The molecule has 0 aromatic carbocycles. The van der Waals surface area contributed by atoms with Crippen LogP contribution in [0.3, 0.4) is 0 Å². The van der Waals surface area contributed by atoms with Crippen molar-refractivity contribution in [3.05, 3.63) is 12.2 Å². The quantitative estimate of drug-likeness (QED) is 0.561. The van der Waals surface area contributed by atoms with Crippen LogP contribution in [0.15, 0.2) is 12.2 Å². The molecule has 0 aromatic heterocycles. The number of nitrogens with one attached hydrogen (secondary N) is 2. The molecule has 1 amide bonds. The molecule has 0 bridgehead atoms. The Labute approximate surface area is 138 Å². The van der Waals surface area contributed by atoms with E-state index in [0.717, 1.165) is 12.8 Å². The number of aliphatic carboxylic acids is 1. The zero-order chi connectivity index (χ0) is 17.4. The lowest BCUT2D eigenvalue weighted by molar-refractivity contribution is -0.139. The lowest BCUT2D eigenvalue weighted by Crippen LogP contribution is -2.57. The Bertz CT molecular complexity index is 419. The zero-order valence-electron chi connectivity index (χ0n) is 14.5. The molecule has 0 saturated carbocycles. The van der Waals surface area contributed by atoms with Gasteiger partial charge in [0, 0.05) is 19.6 Å². The summed E-state index contributed by atoms with van der Waals surface area (Å²) in [5.74, 6) is -0.930. The molecule has 1 fully saturated rings. The minimum atomic E-state index is -0.855. The number of amides is 1. The second-order valence-corrected chi connectivity index (χ2v) is 6.02. The molecule has 1 rings (SSSR count). The highest BCUT2D eigenvalue weighted by Gasteiger charge is 2.43. The molecule has 1 heterocycles. The standard InChI is InChI=1S/C17H30N2O4/c1-5-8-12-10-13(17(21)22)19-15(12)16(18-11(4)20)14(9-6-2)23-7-3/h5,8,12-16,19H,6-7,9-10H2,1-4H3,(H,18,20)(H,21,22)/b8-5-/t12-,13-,14+,15-,16+/m1/s1. The minimum absolute atomic E-state index is 0.0535. The molecule has 1 aliphatic heterocycles. The Balaban J connectivity index is 3.05. The first-order chi connectivity index (χ1) is 10.9. The minimum Gasteiger partial charge on any atom is -0.480 e. The maximum absolute atomic E-state index is 11.7. The summed E-state index contributed by atoms with van der Waals surface area (Å²) in [6, 6.07) is -1.00. The molecule has 0 aromatic rings. The molecular weight excluding hydrogens is 296 g/mol. The van der Waals surface area contributed by atoms with Crippen LogP contribution in [0, 0.1) is 5.92 Å². The van der Waals surface area contributed by atoms with Crippen molar-refractivity contribution in [2.75, 3.05) is 6.61 Å². The van der Waals surface area contributed by atoms with Gasteiger partial charge in [-0.3, -0.25) is 14.9 Å².